The fourth-order valence-corrected chi connectivity index (χ4v) is 10.5. The lowest BCUT2D eigenvalue weighted by molar-refractivity contribution is -0.127. The smallest absolute Gasteiger partial charge is 0.224 e. The van der Waals surface area contributed by atoms with Crippen LogP contribution in [0.15, 0.2) is 97.1 Å². The molecule has 2 saturated carbocycles. The SMILES string of the molecule is Cc1ccc([C@H]2C(CC(=O)Cc3ccc(F)cc3)C(=O)NC23CCCCC3)cc1.Cc1ccc([C@H]2C(CC(=O)Cc3ccc(F)cc3)C(=O)NC23CCCCC3)cc1. The van der Waals surface area contributed by atoms with Crippen LogP contribution in [0.25, 0.3) is 0 Å². The highest BCUT2D eigenvalue weighted by Gasteiger charge is 2.55. The highest BCUT2D eigenvalue weighted by molar-refractivity contribution is 5.92. The van der Waals surface area contributed by atoms with E-state index in [1.54, 1.807) is 24.3 Å². The average molecular weight is 787 g/mol. The van der Waals surface area contributed by atoms with Crippen LogP contribution in [0.3, 0.4) is 0 Å². The first-order valence-corrected chi connectivity index (χ1v) is 21.2. The Balaban J connectivity index is 0.000000177. The Morgan fingerprint density at radius 1 is 0.517 bits per heavy atom. The first kappa shape index (κ1) is 41.2. The largest absolute Gasteiger partial charge is 0.350 e. The molecule has 2 N–H and O–H groups in total. The van der Waals surface area contributed by atoms with Gasteiger partial charge in [0.25, 0.3) is 0 Å². The van der Waals surface area contributed by atoms with E-state index >= 15 is 0 Å². The summed E-state index contributed by atoms with van der Waals surface area (Å²) in [5.74, 6) is -1.20. The van der Waals surface area contributed by atoms with E-state index < -0.39 is 0 Å². The van der Waals surface area contributed by atoms with Crippen LogP contribution in [0.2, 0.25) is 0 Å². The second kappa shape index (κ2) is 17.9. The number of benzene rings is 4. The maximum Gasteiger partial charge on any atom is 0.224 e. The van der Waals surface area contributed by atoms with E-state index in [4.69, 9.17) is 0 Å². The summed E-state index contributed by atoms with van der Waals surface area (Å²) >= 11 is 0. The van der Waals surface area contributed by atoms with Gasteiger partial charge in [-0.15, -0.1) is 0 Å². The number of amides is 2. The zero-order valence-corrected chi connectivity index (χ0v) is 33.8. The number of hydrogen-bond acceptors (Lipinski definition) is 4. The molecule has 0 aromatic heterocycles. The third kappa shape index (κ3) is 9.32. The molecule has 2 heterocycles. The van der Waals surface area contributed by atoms with Crippen LogP contribution < -0.4 is 10.6 Å². The molecule has 0 radical (unpaired) electrons. The summed E-state index contributed by atoms with van der Waals surface area (Å²) in [4.78, 5) is 51.7. The first-order chi connectivity index (χ1) is 27.9. The van der Waals surface area contributed by atoms with Gasteiger partial charge in [0.2, 0.25) is 11.8 Å². The Hall–Kier alpha value is -4.98. The van der Waals surface area contributed by atoms with Crippen LogP contribution >= 0.6 is 0 Å². The highest BCUT2D eigenvalue weighted by Crippen LogP contribution is 2.51. The van der Waals surface area contributed by atoms with Crippen molar-refractivity contribution in [3.05, 3.63) is 142 Å². The summed E-state index contributed by atoms with van der Waals surface area (Å²) in [5, 5.41) is 6.64. The van der Waals surface area contributed by atoms with Crippen LogP contribution in [0.5, 0.6) is 0 Å². The number of Topliss-reactive ketones (excluding diaryl/α,β-unsaturated/α-hetero) is 2. The van der Waals surface area contributed by atoms with Crippen molar-refractivity contribution in [2.24, 2.45) is 11.8 Å². The quantitative estimate of drug-likeness (QED) is 0.168. The van der Waals surface area contributed by atoms with Gasteiger partial charge in [-0.25, -0.2) is 8.78 Å². The number of halogens is 2. The molecule has 8 heteroatoms. The van der Waals surface area contributed by atoms with Crippen molar-refractivity contribution in [3.63, 3.8) is 0 Å². The van der Waals surface area contributed by atoms with Crippen LogP contribution in [0.4, 0.5) is 8.78 Å². The minimum atomic E-state index is -0.344. The van der Waals surface area contributed by atoms with E-state index in [1.807, 2.05) is 0 Å². The van der Waals surface area contributed by atoms with Gasteiger partial charge in [-0.3, -0.25) is 19.2 Å². The third-order valence-electron chi connectivity index (χ3n) is 13.3. The Morgan fingerprint density at radius 2 is 0.845 bits per heavy atom. The van der Waals surface area contributed by atoms with Gasteiger partial charge in [0.15, 0.2) is 0 Å². The normalized spacial score (nSPS) is 23.2. The van der Waals surface area contributed by atoms with Crippen molar-refractivity contribution in [2.45, 2.75) is 127 Å². The Labute approximate surface area is 341 Å². The van der Waals surface area contributed by atoms with Crippen LogP contribution in [-0.4, -0.2) is 34.5 Å². The predicted octanol–water partition coefficient (Wildman–Crippen LogP) is 9.74. The molecular formula is C50H56F2N2O4. The summed E-state index contributed by atoms with van der Waals surface area (Å²) in [6.07, 6.45) is 11.6. The average Bonchev–Trinajstić information content (AvgIpc) is 3.61. The second-order valence-corrected chi connectivity index (χ2v) is 17.5. The van der Waals surface area contributed by atoms with E-state index in [0.29, 0.717) is 0 Å². The zero-order chi connectivity index (χ0) is 40.9. The van der Waals surface area contributed by atoms with E-state index in [-0.39, 0.29) is 95.4 Å². The molecule has 6 nitrogen and oxygen atoms in total. The van der Waals surface area contributed by atoms with Crippen molar-refractivity contribution in [1.29, 1.82) is 0 Å². The van der Waals surface area contributed by atoms with E-state index in [0.717, 1.165) is 73.6 Å². The van der Waals surface area contributed by atoms with E-state index in [9.17, 15) is 28.0 Å². The van der Waals surface area contributed by atoms with Gasteiger partial charge >= 0.3 is 0 Å². The van der Waals surface area contributed by atoms with Crippen molar-refractivity contribution in [1.82, 2.24) is 10.6 Å². The topological polar surface area (TPSA) is 92.3 Å². The zero-order valence-electron chi connectivity index (χ0n) is 33.8. The summed E-state index contributed by atoms with van der Waals surface area (Å²) in [7, 11) is 0. The van der Waals surface area contributed by atoms with Gasteiger partial charge in [0, 0.05) is 48.6 Å². The molecule has 2 aliphatic heterocycles. The van der Waals surface area contributed by atoms with Gasteiger partial charge in [-0.2, -0.15) is 0 Å². The van der Waals surface area contributed by atoms with Gasteiger partial charge in [-0.05, 0) is 86.1 Å². The van der Waals surface area contributed by atoms with Gasteiger partial charge in [0.1, 0.15) is 23.2 Å². The number of nitrogens with one attached hydrogen (secondary N) is 2. The van der Waals surface area contributed by atoms with Crippen molar-refractivity contribution in [2.75, 3.05) is 0 Å². The van der Waals surface area contributed by atoms with Crippen LogP contribution in [0, 0.1) is 37.3 Å². The number of rotatable bonds is 10. The van der Waals surface area contributed by atoms with Gasteiger partial charge in [-0.1, -0.05) is 122 Å². The Kier molecular flexibility index (Phi) is 12.7. The molecule has 2 unspecified atom stereocenters. The molecule has 2 amide bonds. The predicted molar refractivity (Wildman–Crippen MR) is 222 cm³/mol. The standard InChI is InChI=1S/2C25H28FNO2/c2*1-17-5-9-19(10-6-17)23-22(24(29)27-25(23)13-3-2-4-14-25)16-21(28)15-18-7-11-20(26)12-8-18/h2*5-12,22-23H,2-4,13-16H2,1H3,(H,27,29)/t2*22?,23-/m00/s1. The number of carbonyl (C=O) groups excluding carboxylic acids is 4. The summed E-state index contributed by atoms with van der Waals surface area (Å²) < 4.78 is 26.3. The summed E-state index contributed by atoms with van der Waals surface area (Å²) in [6, 6.07) is 28.9. The third-order valence-corrected chi connectivity index (χ3v) is 13.3. The lowest BCUT2D eigenvalue weighted by atomic mass is 9.67. The molecule has 8 rings (SSSR count). The Bertz CT molecular complexity index is 1920. The second-order valence-electron chi connectivity index (χ2n) is 17.5. The van der Waals surface area contributed by atoms with Gasteiger partial charge < -0.3 is 10.6 Å². The minimum absolute atomic E-state index is 0.00457. The van der Waals surface area contributed by atoms with E-state index in [2.05, 4.69) is 73.0 Å². The van der Waals surface area contributed by atoms with Crippen LogP contribution in [0.1, 0.15) is 122 Å². The number of ketones is 2. The van der Waals surface area contributed by atoms with Crippen molar-refractivity contribution >= 4 is 23.4 Å². The fourth-order valence-electron chi connectivity index (χ4n) is 10.5. The maximum absolute atomic E-state index is 13.1. The molecule has 4 aromatic carbocycles. The lowest BCUT2D eigenvalue weighted by Crippen LogP contribution is -2.46. The molecule has 2 aliphatic carbocycles. The molecule has 304 valence electrons. The molecule has 2 saturated heterocycles. The highest BCUT2D eigenvalue weighted by atomic mass is 19.1. The van der Waals surface area contributed by atoms with Gasteiger partial charge in [0.05, 0.1) is 11.8 Å². The molecule has 2 spiro atoms. The molecule has 4 aliphatic rings. The lowest BCUT2D eigenvalue weighted by Gasteiger charge is -2.40. The molecule has 58 heavy (non-hydrogen) atoms. The Morgan fingerprint density at radius 3 is 1.17 bits per heavy atom. The van der Waals surface area contributed by atoms with Crippen LogP contribution in [-0.2, 0) is 32.0 Å². The molecule has 4 atom stereocenters. The van der Waals surface area contributed by atoms with Crippen molar-refractivity contribution < 1.29 is 28.0 Å². The number of aryl methyl sites for hydroxylation is 2. The van der Waals surface area contributed by atoms with Crippen molar-refractivity contribution in [3.8, 4) is 0 Å². The number of carbonyl (C=O) groups is 4. The summed E-state index contributed by atoms with van der Waals surface area (Å²) in [6.45, 7) is 4.11. The molecule has 4 aromatic rings. The first-order valence-electron chi connectivity index (χ1n) is 21.2. The fraction of sp³-hybridized carbons (Fsp3) is 0.440. The molecule has 4 fully saturated rings. The monoisotopic (exact) mass is 786 g/mol. The van der Waals surface area contributed by atoms with E-state index in [1.165, 1.54) is 48.2 Å². The maximum atomic E-state index is 13.1. The molecular weight excluding hydrogens is 731 g/mol. The minimum Gasteiger partial charge on any atom is -0.350 e. The number of hydrogen-bond donors (Lipinski definition) is 2. The summed E-state index contributed by atoms with van der Waals surface area (Å²) in [5.41, 5.74) is 5.78. The molecule has 0 bridgehead atoms.